The van der Waals surface area contributed by atoms with Crippen molar-refractivity contribution in [3.05, 3.63) is 29.6 Å². The number of nitrogens with two attached hydrogens (primary N) is 1. The molecule has 0 aromatic carbocycles. The van der Waals surface area contributed by atoms with Crippen molar-refractivity contribution < 1.29 is 0 Å². The zero-order valence-electron chi connectivity index (χ0n) is 10.9. The van der Waals surface area contributed by atoms with Crippen LogP contribution in [0.1, 0.15) is 38.6 Å². The first-order chi connectivity index (χ1) is 8.13. The third-order valence-corrected chi connectivity index (χ3v) is 2.94. The lowest BCUT2D eigenvalue weighted by Crippen LogP contribution is -2.03. The quantitative estimate of drug-likeness (QED) is 0.878. The van der Waals surface area contributed by atoms with Gasteiger partial charge in [0.05, 0.1) is 5.69 Å². The fraction of sp³-hybridized carbons (Fsp3) is 0.500. The zero-order chi connectivity index (χ0) is 12.4. The van der Waals surface area contributed by atoms with Crippen molar-refractivity contribution in [2.24, 2.45) is 5.92 Å². The highest BCUT2D eigenvalue weighted by Gasteiger charge is 2.12. The summed E-state index contributed by atoms with van der Waals surface area (Å²) in [5.41, 5.74) is 9.48. The molecule has 0 saturated carbocycles. The standard InChI is InChI=1S/C14H21N3/c1-4-6-11-7-5-8-13-16-12(9-10(2)3)14(15)17(11)13/h5,7-8,10H,4,6,9,15H2,1-3H3. The Morgan fingerprint density at radius 2 is 2.12 bits per heavy atom. The molecule has 92 valence electrons. The van der Waals surface area contributed by atoms with E-state index in [1.54, 1.807) is 0 Å². The Balaban J connectivity index is 2.53. The van der Waals surface area contributed by atoms with Crippen LogP contribution in [0.3, 0.4) is 0 Å². The van der Waals surface area contributed by atoms with Gasteiger partial charge in [-0.1, -0.05) is 33.3 Å². The number of fused-ring (bicyclic) bond motifs is 1. The molecule has 2 N–H and O–H groups in total. The molecule has 0 fully saturated rings. The minimum Gasteiger partial charge on any atom is -0.383 e. The van der Waals surface area contributed by atoms with Crippen molar-refractivity contribution >= 4 is 11.5 Å². The zero-order valence-corrected chi connectivity index (χ0v) is 10.9. The third kappa shape index (κ3) is 2.28. The number of aromatic nitrogens is 2. The topological polar surface area (TPSA) is 43.3 Å². The molecule has 0 atom stereocenters. The number of hydrogen-bond donors (Lipinski definition) is 1. The van der Waals surface area contributed by atoms with E-state index >= 15 is 0 Å². The minimum absolute atomic E-state index is 0.580. The average Bonchev–Trinajstić information content (AvgIpc) is 2.57. The molecule has 0 aliphatic heterocycles. The van der Waals surface area contributed by atoms with Gasteiger partial charge in [0.25, 0.3) is 0 Å². The van der Waals surface area contributed by atoms with Gasteiger partial charge in [-0.2, -0.15) is 0 Å². The largest absolute Gasteiger partial charge is 0.383 e. The van der Waals surface area contributed by atoms with E-state index in [4.69, 9.17) is 5.73 Å². The molecule has 0 aliphatic carbocycles. The van der Waals surface area contributed by atoms with Crippen LogP contribution in [0.25, 0.3) is 5.65 Å². The van der Waals surface area contributed by atoms with Crippen molar-refractivity contribution in [2.45, 2.75) is 40.0 Å². The lowest BCUT2D eigenvalue weighted by molar-refractivity contribution is 0.639. The van der Waals surface area contributed by atoms with Gasteiger partial charge in [0, 0.05) is 5.69 Å². The predicted octanol–water partition coefficient (Wildman–Crippen LogP) is 3.07. The number of anilines is 1. The Kier molecular flexibility index (Phi) is 3.36. The summed E-state index contributed by atoms with van der Waals surface area (Å²) in [5.74, 6) is 1.40. The van der Waals surface area contributed by atoms with Crippen LogP contribution in [-0.2, 0) is 12.8 Å². The number of aryl methyl sites for hydroxylation is 1. The summed E-state index contributed by atoms with van der Waals surface area (Å²) >= 11 is 0. The highest BCUT2D eigenvalue weighted by molar-refractivity contribution is 5.54. The van der Waals surface area contributed by atoms with Crippen LogP contribution in [0, 0.1) is 5.92 Å². The molecule has 2 aromatic heterocycles. The van der Waals surface area contributed by atoms with E-state index in [1.807, 2.05) is 6.07 Å². The van der Waals surface area contributed by atoms with Gasteiger partial charge in [0.15, 0.2) is 0 Å². The molecule has 17 heavy (non-hydrogen) atoms. The summed E-state index contributed by atoms with van der Waals surface area (Å²) in [4.78, 5) is 4.63. The first-order valence-electron chi connectivity index (χ1n) is 6.38. The van der Waals surface area contributed by atoms with E-state index in [1.165, 1.54) is 5.69 Å². The molecule has 2 heterocycles. The molecule has 2 rings (SSSR count). The second-order valence-electron chi connectivity index (χ2n) is 5.00. The van der Waals surface area contributed by atoms with Crippen molar-refractivity contribution in [2.75, 3.05) is 5.73 Å². The average molecular weight is 231 g/mol. The van der Waals surface area contributed by atoms with Crippen LogP contribution >= 0.6 is 0 Å². The lowest BCUT2D eigenvalue weighted by Gasteiger charge is -2.06. The molecule has 2 aromatic rings. The van der Waals surface area contributed by atoms with Gasteiger partial charge in [-0.05, 0) is 30.9 Å². The van der Waals surface area contributed by atoms with Gasteiger partial charge in [0.1, 0.15) is 11.5 Å². The van der Waals surface area contributed by atoms with Crippen molar-refractivity contribution in [1.29, 1.82) is 0 Å². The van der Waals surface area contributed by atoms with Crippen LogP contribution in [0.2, 0.25) is 0 Å². The van der Waals surface area contributed by atoms with E-state index in [0.29, 0.717) is 5.92 Å². The molecule has 0 spiro atoms. The highest BCUT2D eigenvalue weighted by atomic mass is 15.1. The van der Waals surface area contributed by atoms with Gasteiger partial charge in [-0.25, -0.2) is 4.98 Å². The summed E-state index contributed by atoms with van der Waals surface area (Å²) in [6.07, 6.45) is 3.11. The van der Waals surface area contributed by atoms with Crippen LogP contribution in [-0.4, -0.2) is 9.38 Å². The second-order valence-corrected chi connectivity index (χ2v) is 5.00. The molecule has 0 radical (unpaired) electrons. The lowest BCUT2D eigenvalue weighted by atomic mass is 10.1. The molecule has 0 aliphatic rings. The summed E-state index contributed by atoms with van der Waals surface area (Å²) in [6.45, 7) is 6.56. The number of hydrogen-bond acceptors (Lipinski definition) is 2. The molecule has 3 heteroatoms. The molecule has 3 nitrogen and oxygen atoms in total. The third-order valence-electron chi connectivity index (χ3n) is 2.94. The SMILES string of the molecule is CCCc1cccc2nc(CC(C)C)c(N)n12. The highest BCUT2D eigenvalue weighted by Crippen LogP contribution is 2.20. The van der Waals surface area contributed by atoms with Crippen LogP contribution in [0.15, 0.2) is 18.2 Å². The molecule has 0 saturated heterocycles. The predicted molar refractivity (Wildman–Crippen MR) is 72.1 cm³/mol. The fourth-order valence-corrected chi connectivity index (χ4v) is 2.22. The van der Waals surface area contributed by atoms with E-state index in [2.05, 4.69) is 42.3 Å². The normalized spacial score (nSPS) is 11.5. The van der Waals surface area contributed by atoms with Gasteiger partial charge >= 0.3 is 0 Å². The van der Waals surface area contributed by atoms with Crippen LogP contribution < -0.4 is 5.73 Å². The van der Waals surface area contributed by atoms with E-state index in [0.717, 1.165) is 36.4 Å². The molecule has 0 bridgehead atoms. The smallest absolute Gasteiger partial charge is 0.138 e. The maximum absolute atomic E-state index is 6.22. The van der Waals surface area contributed by atoms with Gasteiger partial charge in [-0.3, -0.25) is 4.40 Å². The Morgan fingerprint density at radius 3 is 2.76 bits per heavy atom. The minimum atomic E-state index is 0.580. The Bertz CT molecular complexity index is 511. The molecule has 0 amide bonds. The number of rotatable bonds is 4. The summed E-state index contributed by atoms with van der Waals surface area (Å²) < 4.78 is 2.10. The summed E-state index contributed by atoms with van der Waals surface area (Å²) in [6, 6.07) is 6.22. The van der Waals surface area contributed by atoms with E-state index in [-0.39, 0.29) is 0 Å². The maximum atomic E-state index is 6.22. The summed E-state index contributed by atoms with van der Waals surface area (Å²) in [5, 5.41) is 0. The Hall–Kier alpha value is -1.51. The first-order valence-corrected chi connectivity index (χ1v) is 6.38. The Labute approximate surface area is 103 Å². The van der Waals surface area contributed by atoms with Gasteiger partial charge < -0.3 is 5.73 Å². The monoisotopic (exact) mass is 231 g/mol. The number of nitrogens with zero attached hydrogens (tertiary/aromatic N) is 2. The van der Waals surface area contributed by atoms with Crippen LogP contribution in [0.5, 0.6) is 0 Å². The molecule has 0 unspecified atom stereocenters. The summed E-state index contributed by atoms with van der Waals surface area (Å²) in [7, 11) is 0. The van der Waals surface area contributed by atoms with Crippen molar-refractivity contribution in [3.8, 4) is 0 Å². The maximum Gasteiger partial charge on any atom is 0.138 e. The second kappa shape index (κ2) is 4.78. The number of imidazole rings is 1. The number of nitrogen functional groups attached to an aromatic ring is 1. The number of pyridine rings is 1. The Morgan fingerprint density at radius 1 is 1.35 bits per heavy atom. The van der Waals surface area contributed by atoms with Crippen molar-refractivity contribution in [3.63, 3.8) is 0 Å². The van der Waals surface area contributed by atoms with Gasteiger partial charge in [0.2, 0.25) is 0 Å². The van der Waals surface area contributed by atoms with Crippen LogP contribution in [0.4, 0.5) is 5.82 Å². The molecular formula is C14H21N3. The van der Waals surface area contributed by atoms with Crippen molar-refractivity contribution in [1.82, 2.24) is 9.38 Å². The van der Waals surface area contributed by atoms with E-state index in [9.17, 15) is 0 Å². The fourth-order valence-electron chi connectivity index (χ4n) is 2.22. The van der Waals surface area contributed by atoms with E-state index < -0.39 is 0 Å². The first kappa shape index (κ1) is 12.0. The van der Waals surface area contributed by atoms with Gasteiger partial charge in [-0.15, -0.1) is 0 Å². The molecular weight excluding hydrogens is 210 g/mol.